The molecule has 2 N–H and O–H groups in total. The third kappa shape index (κ3) is 3.06. The van der Waals surface area contributed by atoms with Crippen LogP contribution < -0.4 is 5.32 Å². The minimum Gasteiger partial charge on any atom is -0.478 e. The van der Waals surface area contributed by atoms with Gasteiger partial charge in [-0.3, -0.25) is 0 Å². The van der Waals surface area contributed by atoms with Crippen molar-refractivity contribution in [3.63, 3.8) is 0 Å². The Kier molecular flexibility index (Phi) is 3.85. The molecule has 80 valence electrons. The molecule has 1 atom stereocenters. The largest absolute Gasteiger partial charge is 0.478 e. The summed E-state index contributed by atoms with van der Waals surface area (Å²) in [5.74, 6) is -0.666. The lowest BCUT2D eigenvalue weighted by atomic mass is 10.2. The maximum Gasteiger partial charge on any atom is 0.339 e. The maximum atomic E-state index is 10.9. The van der Waals surface area contributed by atoms with Crippen LogP contribution in [-0.4, -0.2) is 22.1 Å². The Morgan fingerprint density at radius 2 is 2.47 bits per heavy atom. The highest BCUT2D eigenvalue weighted by atomic mass is 79.9. The van der Waals surface area contributed by atoms with Gasteiger partial charge in [-0.05, 0) is 28.9 Å². The number of hydrogen-bond acceptors (Lipinski definition) is 3. The second-order valence-electron chi connectivity index (χ2n) is 3.02. The first-order valence-corrected chi connectivity index (χ1v) is 5.12. The molecule has 15 heavy (non-hydrogen) atoms. The Labute approximate surface area is 96.2 Å². The number of rotatable bonds is 4. The number of pyridine rings is 1. The molecule has 0 saturated heterocycles. The zero-order chi connectivity index (χ0) is 11.4. The molecule has 1 aromatic heterocycles. The fraction of sp³-hybridized carbons (Fsp3) is 0.200. The van der Waals surface area contributed by atoms with E-state index in [4.69, 9.17) is 5.11 Å². The van der Waals surface area contributed by atoms with Crippen molar-refractivity contribution < 1.29 is 9.90 Å². The third-order valence-corrected chi connectivity index (χ3v) is 2.24. The zero-order valence-electron chi connectivity index (χ0n) is 8.20. The van der Waals surface area contributed by atoms with Gasteiger partial charge in [0.05, 0.1) is 0 Å². The molecule has 0 spiro atoms. The van der Waals surface area contributed by atoms with Gasteiger partial charge in [0.2, 0.25) is 0 Å². The van der Waals surface area contributed by atoms with E-state index in [1.165, 1.54) is 6.07 Å². The number of hydrogen-bond donors (Lipinski definition) is 2. The predicted molar refractivity (Wildman–Crippen MR) is 62.2 cm³/mol. The van der Waals surface area contributed by atoms with E-state index in [1.807, 2.05) is 6.92 Å². The second-order valence-corrected chi connectivity index (χ2v) is 3.94. The number of aromatic nitrogens is 1. The Morgan fingerprint density at radius 3 is 3.00 bits per heavy atom. The zero-order valence-corrected chi connectivity index (χ0v) is 9.78. The van der Waals surface area contributed by atoms with Gasteiger partial charge in [0, 0.05) is 16.7 Å². The summed E-state index contributed by atoms with van der Waals surface area (Å²) < 4.78 is 0.636. The van der Waals surface area contributed by atoms with Gasteiger partial charge >= 0.3 is 5.97 Å². The Morgan fingerprint density at radius 1 is 1.80 bits per heavy atom. The van der Waals surface area contributed by atoms with Crippen molar-refractivity contribution in [3.05, 3.63) is 35.0 Å². The minimum absolute atomic E-state index is 0.0308. The fourth-order valence-corrected chi connectivity index (χ4v) is 1.32. The number of carboxylic acids is 1. The average molecular weight is 271 g/mol. The number of aromatic carboxylic acids is 1. The molecule has 1 aromatic rings. The van der Waals surface area contributed by atoms with Gasteiger partial charge in [-0.25, -0.2) is 9.78 Å². The molecule has 0 aromatic carbocycles. The van der Waals surface area contributed by atoms with Crippen molar-refractivity contribution in [2.24, 2.45) is 0 Å². The lowest BCUT2D eigenvalue weighted by Crippen LogP contribution is -2.15. The van der Waals surface area contributed by atoms with Gasteiger partial charge in [0.15, 0.2) is 0 Å². The molecule has 0 fully saturated rings. The van der Waals surface area contributed by atoms with Crippen LogP contribution in [0.2, 0.25) is 0 Å². The summed E-state index contributed by atoms with van der Waals surface area (Å²) in [6, 6.07) is 1.48. The van der Waals surface area contributed by atoms with Crippen LogP contribution in [0.4, 0.5) is 5.82 Å². The van der Waals surface area contributed by atoms with Gasteiger partial charge in [0.25, 0.3) is 0 Å². The number of halogens is 1. The van der Waals surface area contributed by atoms with Crippen molar-refractivity contribution in [1.29, 1.82) is 0 Å². The highest BCUT2D eigenvalue weighted by Gasteiger charge is 2.12. The number of anilines is 1. The van der Waals surface area contributed by atoms with Crippen molar-refractivity contribution >= 4 is 27.7 Å². The van der Waals surface area contributed by atoms with Crippen LogP contribution in [0.25, 0.3) is 0 Å². The summed E-state index contributed by atoms with van der Waals surface area (Å²) >= 11 is 3.17. The number of carbonyl (C=O) groups is 1. The second kappa shape index (κ2) is 4.93. The van der Waals surface area contributed by atoms with Crippen molar-refractivity contribution in [2.45, 2.75) is 13.0 Å². The van der Waals surface area contributed by atoms with Gasteiger partial charge in [-0.15, -0.1) is 6.58 Å². The first-order chi connectivity index (χ1) is 7.04. The Hall–Kier alpha value is -1.36. The van der Waals surface area contributed by atoms with Gasteiger partial charge in [0.1, 0.15) is 11.4 Å². The molecule has 1 rings (SSSR count). The highest BCUT2D eigenvalue weighted by molar-refractivity contribution is 9.10. The molecule has 1 heterocycles. The normalized spacial score (nSPS) is 11.9. The molecule has 0 bridgehead atoms. The van der Waals surface area contributed by atoms with Crippen LogP contribution in [-0.2, 0) is 0 Å². The maximum absolute atomic E-state index is 10.9. The number of nitrogens with one attached hydrogen (secondary N) is 1. The van der Waals surface area contributed by atoms with Crippen LogP contribution >= 0.6 is 15.9 Å². The Bertz CT molecular complexity index is 393. The van der Waals surface area contributed by atoms with Crippen LogP contribution in [0, 0.1) is 0 Å². The first kappa shape index (κ1) is 11.7. The Balaban J connectivity index is 3.05. The molecule has 1 unspecified atom stereocenters. The summed E-state index contributed by atoms with van der Waals surface area (Å²) in [4.78, 5) is 14.9. The molecule has 5 heteroatoms. The number of carboxylic acid groups (broad SMARTS) is 1. The van der Waals surface area contributed by atoms with Gasteiger partial charge in [-0.2, -0.15) is 0 Å². The monoisotopic (exact) mass is 270 g/mol. The SMILES string of the molecule is C=CC(C)Nc1ncc(Br)cc1C(=O)O. The van der Waals surface area contributed by atoms with E-state index in [2.05, 4.69) is 32.8 Å². The molecular formula is C10H11BrN2O2. The number of nitrogens with zero attached hydrogens (tertiary/aromatic N) is 1. The minimum atomic E-state index is -1.01. The van der Waals surface area contributed by atoms with Crippen LogP contribution in [0.15, 0.2) is 29.4 Å². The van der Waals surface area contributed by atoms with E-state index in [0.717, 1.165) is 0 Å². The lowest BCUT2D eigenvalue weighted by molar-refractivity contribution is 0.0697. The molecule has 4 nitrogen and oxygen atoms in total. The summed E-state index contributed by atoms with van der Waals surface area (Å²) in [5, 5.41) is 11.9. The lowest BCUT2D eigenvalue weighted by Gasteiger charge is -2.12. The van der Waals surface area contributed by atoms with Gasteiger partial charge < -0.3 is 10.4 Å². The standard InChI is InChI=1S/C10H11BrN2O2/c1-3-6(2)13-9-8(10(14)15)4-7(11)5-12-9/h3-6H,1H2,2H3,(H,12,13)(H,14,15). The smallest absolute Gasteiger partial charge is 0.339 e. The van der Waals surface area contributed by atoms with Gasteiger partial charge in [-0.1, -0.05) is 6.08 Å². The van der Waals surface area contributed by atoms with E-state index in [1.54, 1.807) is 12.3 Å². The van der Waals surface area contributed by atoms with Crippen LogP contribution in [0.1, 0.15) is 17.3 Å². The van der Waals surface area contributed by atoms with Crippen LogP contribution in [0.3, 0.4) is 0 Å². The molecule has 0 amide bonds. The van der Waals surface area contributed by atoms with Crippen molar-refractivity contribution in [1.82, 2.24) is 4.98 Å². The van der Waals surface area contributed by atoms with Crippen molar-refractivity contribution in [2.75, 3.05) is 5.32 Å². The molecule has 0 radical (unpaired) electrons. The van der Waals surface area contributed by atoms with E-state index in [0.29, 0.717) is 10.3 Å². The molecule has 0 aliphatic heterocycles. The highest BCUT2D eigenvalue weighted by Crippen LogP contribution is 2.18. The summed E-state index contributed by atoms with van der Waals surface area (Å²) in [6.07, 6.45) is 3.22. The van der Waals surface area contributed by atoms with E-state index in [9.17, 15) is 4.79 Å². The van der Waals surface area contributed by atoms with E-state index in [-0.39, 0.29) is 11.6 Å². The average Bonchev–Trinajstić information content (AvgIpc) is 2.20. The van der Waals surface area contributed by atoms with Crippen LogP contribution in [0.5, 0.6) is 0 Å². The quantitative estimate of drug-likeness (QED) is 0.826. The third-order valence-electron chi connectivity index (χ3n) is 1.80. The van der Waals surface area contributed by atoms with E-state index < -0.39 is 5.97 Å². The predicted octanol–water partition coefficient (Wildman–Crippen LogP) is 2.53. The van der Waals surface area contributed by atoms with E-state index >= 15 is 0 Å². The molecule has 0 aliphatic rings. The summed E-state index contributed by atoms with van der Waals surface area (Å²) in [6.45, 7) is 5.47. The summed E-state index contributed by atoms with van der Waals surface area (Å²) in [5.41, 5.74) is 0.137. The topological polar surface area (TPSA) is 62.2 Å². The molecular weight excluding hydrogens is 260 g/mol. The first-order valence-electron chi connectivity index (χ1n) is 4.32. The molecule has 0 aliphatic carbocycles. The van der Waals surface area contributed by atoms with Crippen molar-refractivity contribution in [3.8, 4) is 0 Å². The fourth-order valence-electron chi connectivity index (χ4n) is 0.992. The summed E-state index contributed by atoms with van der Waals surface area (Å²) in [7, 11) is 0. The molecule has 0 saturated carbocycles.